The van der Waals surface area contributed by atoms with Crippen LogP contribution in [0.5, 0.6) is 5.75 Å². The van der Waals surface area contributed by atoms with E-state index in [2.05, 4.69) is 21.3 Å². The fourth-order valence-corrected chi connectivity index (χ4v) is 6.01. The molecular weight excluding hydrogens is 758 g/mol. The number of nitrogens with one attached hydrogen (secondary N) is 5. The number of carboxylic acids is 1. The normalized spacial score (nSPS) is 19.0. The predicted molar refractivity (Wildman–Crippen MR) is 195 cm³/mol. The molecule has 5 amide bonds. The number of urea groups is 1. The number of carboxylic acid groups (broad SMARTS) is 1. The Morgan fingerprint density at radius 1 is 0.982 bits per heavy atom. The monoisotopic (exact) mass is 802 g/mol. The zero-order chi connectivity index (χ0) is 42.1. The lowest BCUT2D eigenvalue weighted by Crippen LogP contribution is -2.63. The molecule has 19 nitrogen and oxygen atoms in total. The van der Waals surface area contributed by atoms with Crippen LogP contribution in [0.25, 0.3) is 0 Å². The first kappa shape index (κ1) is 43.5. The molecule has 57 heavy (non-hydrogen) atoms. The molecule has 0 spiro atoms. The lowest BCUT2D eigenvalue weighted by Gasteiger charge is -2.34. The highest BCUT2D eigenvalue weighted by atomic mass is 19.1. The highest BCUT2D eigenvalue weighted by Gasteiger charge is 2.38. The summed E-state index contributed by atoms with van der Waals surface area (Å²) in [7, 11) is 1.32. The van der Waals surface area contributed by atoms with Gasteiger partial charge in [0.1, 0.15) is 41.6 Å². The Kier molecular flexibility index (Phi) is 14.6. The summed E-state index contributed by atoms with van der Waals surface area (Å²) in [4.78, 5) is 92.9. The molecule has 0 bridgehead atoms. The van der Waals surface area contributed by atoms with E-state index >= 15 is 0 Å². The molecule has 1 aliphatic heterocycles. The van der Waals surface area contributed by atoms with Gasteiger partial charge in [0.05, 0.1) is 18.2 Å². The first-order chi connectivity index (χ1) is 26.8. The Morgan fingerprint density at radius 3 is 2.26 bits per heavy atom. The molecule has 1 aliphatic rings. The van der Waals surface area contributed by atoms with Gasteiger partial charge in [-0.25, -0.2) is 23.2 Å². The van der Waals surface area contributed by atoms with Gasteiger partial charge in [0.25, 0.3) is 5.56 Å². The molecular formula is C36H44F2N8O11. The number of phenolic OH excluding ortho intramolecular Hbond substituents is 1. The number of hydrogen-bond donors (Lipinski definition) is 9. The Labute approximate surface area is 323 Å². The summed E-state index contributed by atoms with van der Waals surface area (Å²) >= 11 is 0. The number of nitrogens with zero attached hydrogens (tertiary/aromatic N) is 2. The van der Waals surface area contributed by atoms with Crippen LogP contribution in [0.1, 0.15) is 37.6 Å². The topological polar surface area (TPSA) is 288 Å². The van der Waals surface area contributed by atoms with Gasteiger partial charge in [-0.2, -0.15) is 0 Å². The van der Waals surface area contributed by atoms with Crippen LogP contribution in [-0.4, -0.2) is 116 Å². The highest BCUT2D eigenvalue weighted by molar-refractivity contribution is 5.93. The Hall–Kier alpha value is -6.19. The second kappa shape index (κ2) is 19.1. The number of nitrogens with two attached hydrogens (primary N) is 1. The number of aromatic nitrogens is 2. The van der Waals surface area contributed by atoms with Gasteiger partial charge in [0, 0.05) is 51.2 Å². The average Bonchev–Trinajstić information content (AvgIpc) is 3.52. The van der Waals surface area contributed by atoms with Crippen molar-refractivity contribution < 1.29 is 52.8 Å². The number of ether oxygens (including phenoxy) is 1. The maximum atomic E-state index is 14.9. The quantitative estimate of drug-likeness (QED) is 0.0806. The molecule has 2 heterocycles. The molecule has 10 N–H and O–H groups in total. The lowest BCUT2D eigenvalue weighted by molar-refractivity contribution is -0.139. The van der Waals surface area contributed by atoms with E-state index in [1.165, 1.54) is 45.2 Å². The minimum absolute atomic E-state index is 0.0689. The lowest BCUT2D eigenvalue weighted by atomic mass is 10.0. The number of hydrogen-bond acceptors (Lipinski definition) is 11. The summed E-state index contributed by atoms with van der Waals surface area (Å²) in [6, 6.07) is 0.844. The third-order valence-electron chi connectivity index (χ3n) is 9.25. The number of benzene rings is 2. The molecule has 0 aliphatic carbocycles. The van der Waals surface area contributed by atoms with Crippen LogP contribution in [0.15, 0.2) is 64.3 Å². The smallest absolute Gasteiger partial charge is 0.330 e. The number of amides is 5. The molecule has 1 fully saturated rings. The number of phenols is 1. The second-order valence-corrected chi connectivity index (χ2v) is 13.6. The van der Waals surface area contributed by atoms with Crippen LogP contribution >= 0.6 is 0 Å². The van der Waals surface area contributed by atoms with Crippen LogP contribution in [0.3, 0.4) is 0 Å². The van der Waals surface area contributed by atoms with E-state index in [0.717, 1.165) is 33.9 Å². The molecule has 1 saturated heterocycles. The van der Waals surface area contributed by atoms with E-state index in [0.29, 0.717) is 11.6 Å². The van der Waals surface area contributed by atoms with Crippen molar-refractivity contribution in [2.24, 2.45) is 5.73 Å². The second-order valence-electron chi connectivity index (χ2n) is 13.6. The highest BCUT2D eigenvalue weighted by Crippen LogP contribution is 2.27. The summed E-state index contributed by atoms with van der Waals surface area (Å²) in [5.41, 5.74) is 4.46. The van der Waals surface area contributed by atoms with E-state index in [9.17, 15) is 57.7 Å². The largest absolute Gasteiger partial charge is 0.508 e. The Morgan fingerprint density at radius 2 is 1.65 bits per heavy atom. The van der Waals surface area contributed by atoms with Crippen LogP contribution in [-0.2, 0) is 36.8 Å². The zero-order valence-electron chi connectivity index (χ0n) is 31.0. The van der Waals surface area contributed by atoms with E-state index in [1.807, 2.05) is 4.98 Å². The number of aliphatic carboxylic acids is 1. The molecule has 21 heteroatoms. The molecule has 1 aromatic heterocycles. The fourth-order valence-electron chi connectivity index (χ4n) is 6.01. The van der Waals surface area contributed by atoms with Gasteiger partial charge in [-0.3, -0.25) is 28.7 Å². The van der Waals surface area contributed by atoms with Crippen LogP contribution in [0.4, 0.5) is 13.6 Å². The number of aromatic hydroxyl groups is 1. The molecule has 4 rings (SSSR count). The average molecular weight is 803 g/mol. The van der Waals surface area contributed by atoms with Crippen LogP contribution < -0.4 is 38.2 Å². The van der Waals surface area contributed by atoms with Crippen molar-refractivity contribution in [3.8, 4) is 5.75 Å². The van der Waals surface area contributed by atoms with Crippen molar-refractivity contribution in [2.45, 2.75) is 81.8 Å². The minimum atomic E-state index is -1.73. The number of aliphatic hydroxyl groups excluding tert-OH is 1. The van der Waals surface area contributed by atoms with Gasteiger partial charge in [0.2, 0.25) is 17.7 Å². The molecule has 2 aromatic carbocycles. The molecule has 1 unspecified atom stereocenters. The number of carbonyl (C=O) groups excluding carboxylic acids is 4. The molecule has 3 aromatic rings. The van der Waals surface area contributed by atoms with Crippen LogP contribution in [0, 0.1) is 11.6 Å². The van der Waals surface area contributed by atoms with Crippen molar-refractivity contribution in [1.82, 2.24) is 35.7 Å². The third-order valence-corrected chi connectivity index (χ3v) is 9.25. The minimum Gasteiger partial charge on any atom is -0.508 e. The SMILES string of the molecule is C[C@H](N)C(=O)N(C)[C@@H](C)C(NC(=O)[C@H](Cc1ccc(F)cc1F)NC(=O)N[C@@H](Cc1ccc(O)cc1)C(=O)O)C(=O)NC[C@H]1C[C@@H](O)[C@H](n2ccc(=O)[nH]c2=O)O1. The predicted octanol–water partition coefficient (Wildman–Crippen LogP) is -1.43. The van der Waals surface area contributed by atoms with Crippen molar-refractivity contribution in [1.29, 1.82) is 0 Å². The first-order valence-electron chi connectivity index (χ1n) is 17.6. The summed E-state index contributed by atoms with van der Waals surface area (Å²) in [5.74, 6) is -6.14. The summed E-state index contributed by atoms with van der Waals surface area (Å²) in [6.07, 6.45) is -3.12. The Balaban J connectivity index is 1.56. The standard InChI is InChI=1S/C36H44F2N8O11/c1-17(39)32(52)45(3)18(2)29(31(51)40-16-23-15-27(48)33(57-23)46-11-10-28(49)43-36(46)56)44-30(50)25(13-20-6-7-21(37)14-24(20)38)41-35(55)42-26(34(53)54)12-19-4-8-22(47)9-5-19/h4-11,14,17-18,23,25-27,29,33,47-48H,12-13,15-16,39H2,1-3H3,(H,40,51)(H,44,50)(H,53,54)(H2,41,42,55)(H,43,49,56)/t17-,18-,23+,25-,26-,27+,29?,33+/m0/s1. The molecule has 0 radical (unpaired) electrons. The van der Waals surface area contributed by atoms with Crippen molar-refractivity contribution >= 4 is 29.7 Å². The summed E-state index contributed by atoms with van der Waals surface area (Å²) < 4.78 is 35.4. The number of H-pyrrole nitrogens is 1. The third kappa shape index (κ3) is 11.7. The van der Waals surface area contributed by atoms with Crippen molar-refractivity contribution in [3.63, 3.8) is 0 Å². The summed E-state index contributed by atoms with van der Waals surface area (Å²) in [5, 5.41) is 39.5. The van der Waals surface area contributed by atoms with E-state index in [4.69, 9.17) is 10.5 Å². The number of carbonyl (C=O) groups is 5. The summed E-state index contributed by atoms with van der Waals surface area (Å²) in [6.45, 7) is 2.53. The van der Waals surface area contributed by atoms with Crippen LogP contribution in [0.2, 0.25) is 0 Å². The zero-order valence-corrected chi connectivity index (χ0v) is 31.0. The number of aromatic amines is 1. The maximum Gasteiger partial charge on any atom is 0.330 e. The molecule has 0 saturated carbocycles. The van der Waals surface area contributed by atoms with E-state index in [-0.39, 0.29) is 30.7 Å². The Bertz CT molecular complexity index is 2060. The maximum absolute atomic E-state index is 14.9. The fraction of sp³-hybridized carbons (Fsp3) is 0.417. The van der Waals surface area contributed by atoms with Gasteiger partial charge in [-0.05, 0) is 43.2 Å². The molecule has 8 atom stereocenters. The van der Waals surface area contributed by atoms with E-state index < -0.39 is 108 Å². The van der Waals surface area contributed by atoms with Gasteiger partial charge in [0.15, 0.2) is 6.23 Å². The van der Waals surface area contributed by atoms with Gasteiger partial charge < -0.3 is 52.0 Å². The molecule has 308 valence electrons. The number of likely N-dealkylation sites (N-methyl/N-ethyl adjacent to an activating group) is 1. The van der Waals surface area contributed by atoms with Crippen molar-refractivity contribution in [2.75, 3.05) is 13.6 Å². The number of halogens is 2. The van der Waals surface area contributed by atoms with E-state index in [1.54, 1.807) is 0 Å². The van der Waals surface area contributed by atoms with Gasteiger partial charge in [-0.1, -0.05) is 18.2 Å². The number of rotatable bonds is 16. The number of aliphatic hydroxyl groups is 1. The van der Waals surface area contributed by atoms with Gasteiger partial charge in [-0.15, -0.1) is 0 Å². The van der Waals surface area contributed by atoms with Crippen molar-refractivity contribution in [3.05, 3.63) is 98.3 Å². The van der Waals surface area contributed by atoms with Gasteiger partial charge >= 0.3 is 17.7 Å². The first-order valence-corrected chi connectivity index (χ1v) is 17.6.